The summed E-state index contributed by atoms with van der Waals surface area (Å²) in [6.45, 7) is 0. The SMILES string of the molecule is N[C@@H](CCC(=O)O)C(=O)O.O=C(O)C=CC(=O)O. The third-order valence-electron chi connectivity index (χ3n) is 1.35. The smallest absolute Gasteiger partial charge is 0.328 e. The van der Waals surface area contributed by atoms with Crippen molar-refractivity contribution in [2.75, 3.05) is 0 Å². The second-order valence-electron chi connectivity index (χ2n) is 2.89. The number of carboxylic acid groups (broad SMARTS) is 4. The number of nitrogens with two attached hydrogens (primary N) is 1. The molecule has 0 saturated heterocycles. The summed E-state index contributed by atoms with van der Waals surface area (Å²) in [6, 6.07) is -1.06. The molecule has 0 radical (unpaired) electrons. The second-order valence-corrected chi connectivity index (χ2v) is 2.89. The van der Waals surface area contributed by atoms with E-state index >= 15 is 0 Å². The third kappa shape index (κ3) is 16.0. The Morgan fingerprint density at radius 2 is 1.33 bits per heavy atom. The maximum absolute atomic E-state index is 9.99. The highest BCUT2D eigenvalue weighted by atomic mass is 16.4. The van der Waals surface area contributed by atoms with Gasteiger partial charge in [0.1, 0.15) is 6.04 Å². The van der Waals surface area contributed by atoms with Crippen LogP contribution in [0.1, 0.15) is 12.8 Å². The zero-order valence-electron chi connectivity index (χ0n) is 9.15. The van der Waals surface area contributed by atoms with Crippen molar-refractivity contribution >= 4 is 23.9 Å². The van der Waals surface area contributed by atoms with E-state index in [0.717, 1.165) is 0 Å². The highest BCUT2D eigenvalue weighted by Gasteiger charge is 2.12. The number of carbonyl (C=O) groups is 4. The molecule has 0 aromatic heterocycles. The molecule has 0 saturated carbocycles. The zero-order chi connectivity index (χ0) is 14.7. The summed E-state index contributed by atoms with van der Waals surface area (Å²) in [5.74, 6) is -4.71. The van der Waals surface area contributed by atoms with Crippen molar-refractivity contribution < 1.29 is 39.6 Å². The fourth-order valence-electron chi connectivity index (χ4n) is 0.545. The Hall–Kier alpha value is -2.42. The first kappa shape index (κ1) is 18.0. The van der Waals surface area contributed by atoms with Gasteiger partial charge in [-0.05, 0) is 6.42 Å². The maximum atomic E-state index is 9.99. The monoisotopic (exact) mass is 263 g/mol. The van der Waals surface area contributed by atoms with E-state index in [0.29, 0.717) is 12.2 Å². The zero-order valence-corrected chi connectivity index (χ0v) is 9.15. The van der Waals surface area contributed by atoms with Crippen LogP contribution in [0, 0.1) is 0 Å². The maximum Gasteiger partial charge on any atom is 0.328 e. The topological polar surface area (TPSA) is 175 Å². The van der Waals surface area contributed by atoms with Gasteiger partial charge in [-0.2, -0.15) is 0 Å². The molecule has 0 rings (SSSR count). The second kappa shape index (κ2) is 9.78. The van der Waals surface area contributed by atoms with Crippen LogP contribution in [0.4, 0.5) is 0 Å². The molecule has 0 fully saturated rings. The summed E-state index contributed by atoms with van der Waals surface area (Å²) in [7, 11) is 0. The van der Waals surface area contributed by atoms with Crippen LogP contribution < -0.4 is 5.73 Å². The van der Waals surface area contributed by atoms with Gasteiger partial charge in [-0.1, -0.05) is 0 Å². The van der Waals surface area contributed by atoms with Gasteiger partial charge >= 0.3 is 23.9 Å². The van der Waals surface area contributed by atoms with E-state index < -0.39 is 29.9 Å². The largest absolute Gasteiger partial charge is 0.481 e. The first-order chi connectivity index (χ1) is 8.16. The molecule has 0 spiro atoms. The van der Waals surface area contributed by atoms with Gasteiger partial charge in [0.05, 0.1) is 0 Å². The Bertz CT molecular complexity index is 332. The van der Waals surface area contributed by atoms with E-state index in [4.69, 9.17) is 26.2 Å². The predicted molar refractivity (Wildman–Crippen MR) is 56.9 cm³/mol. The van der Waals surface area contributed by atoms with Gasteiger partial charge < -0.3 is 26.2 Å². The first-order valence-corrected chi connectivity index (χ1v) is 4.51. The lowest BCUT2D eigenvalue weighted by Crippen LogP contribution is -2.30. The van der Waals surface area contributed by atoms with E-state index in [2.05, 4.69) is 0 Å². The Morgan fingerprint density at radius 1 is 0.944 bits per heavy atom. The number of rotatable bonds is 6. The van der Waals surface area contributed by atoms with E-state index in [9.17, 15) is 19.2 Å². The molecule has 1 atom stereocenters. The summed E-state index contributed by atoms with van der Waals surface area (Å²) in [5, 5.41) is 31.9. The molecule has 0 unspecified atom stereocenters. The highest BCUT2D eigenvalue weighted by molar-refractivity contribution is 5.89. The minimum absolute atomic E-state index is 0.0231. The van der Waals surface area contributed by atoms with Gasteiger partial charge in [-0.3, -0.25) is 9.59 Å². The molecule has 0 aliphatic rings. The third-order valence-corrected chi connectivity index (χ3v) is 1.35. The molecule has 18 heavy (non-hydrogen) atoms. The lowest BCUT2D eigenvalue weighted by Gasteiger charge is -2.01. The molecule has 0 heterocycles. The molecule has 102 valence electrons. The normalized spacial score (nSPS) is 11.2. The number of carboxylic acids is 4. The van der Waals surface area contributed by atoms with Crippen molar-refractivity contribution in [3.8, 4) is 0 Å². The highest BCUT2D eigenvalue weighted by Crippen LogP contribution is 1.93. The quantitative estimate of drug-likeness (QED) is 0.375. The Morgan fingerprint density at radius 3 is 1.56 bits per heavy atom. The lowest BCUT2D eigenvalue weighted by atomic mass is 10.2. The van der Waals surface area contributed by atoms with E-state index in [1.54, 1.807) is 0 Å². The van der Waals surface area contributed by atoms with Crippen molar-refractivity contribution in [1.29, 1.82) is 0 Å². The van der Waals surface area contributed by atoms with Gasteiger partial charge in [0, 0.05) is 18.6 Å². The Kier molecular flexibility index (Phi) is 9.76. The van der Waals surface area contributed by atoms with Crippen LogP contribution in [0.25, 0.3) is 0 Å². The van der Waals surface area contributed by atoms with Crippen molar-refractivity contribution in [3.63, 3.8) is 0 Å². The van der Waals surface area contributed by atoms with Crippen LogP contribution in [-0.4, -0.2) is 50.3 Å². The lowest BCUT2D eigenvalue weighted by molar-refractivity contribution is -0.140. The summed E-state index contributed by atoms with van der Waals surface area (Å²) in [4.78, 5) is 39.0. The molecule has 0 aliphatic heterocycles. The average molecular weight is 263 g/mol. The van der Waals surface area contributed by atoms with Crippen LogP contribution in [0.5, 0.6) is 0 Å². The molecular weight excluding hydrogens is 250 g/mol. The Labute approximate surface area is 101 Å². The molecular formula is C9H13NO8. The minimum Gasteiger partial charge on any atom is -0.481 e. The molecule has 9 heteroatoms. The van der Waals surface area contributed by atoms with Crippen LogP contribution >= 0.6 is 0 Å². The molecule has 0 aromatic carbocycles. The van der Waals surface area contributed by atoms with E-state index in [1.165, 1.54) is 0 Å². The average Bonchev–Trinajstić information content (AvgIpc) is 2.23. The van der Waals surface area contributed by atoms with Crippen LogP contribution in [0.15, 0.2) is 12.2 Å². The summed E-state index contributed by atoms with van der Waals surface area (Å²) < 4.78 is 0. The van der Waals surface area contributed by atoms with Gasteiger partial charge in [-0.25, -0.2) is 9.59 Å². The van der Waals surface area contributed by atoms with E-state index in [-0.39, 0.29) is 12.8 Å². The van der Waals surface area contributed by atoms with Gasteiger partial charge in [-0.15, -0.1) is 0 Å². The van der Waals surface area contributed by atoms with E-state index in [1.807, 2.05) is 0 Å². The molecule has 0 amide bonds. The molecule has 0 aromatic rings. The molecule has 0 bridgehead atoms. The van der Waals surface area contributed by atoms with Crippen LogP contribution in [0.3, 0.4) is 0 Å². The first-order valence-electron chi connectivity index (χ1n) is 4.51. The molecule has 0 aliphatic carbocycles. The standard InChI is InChI=1S/C5H9NO4.C4H4O4/c6-3(5(9)10)1-2-4(7)8;5-3(6)1-2-4(7)8/h3H,1-2,6H2,(H,7,8)(H,9,10);1-2H,(H,5,6)(H,7,8)/t3-;/m0./s1. The van der Waals surface area contributed by atoms with Crippen LogP contribution in [-0.2, 0) is 19.2 Å². The molecule has 6 N–H and O–H groups in total. The summed E-state index contributed by atoms with van der Waals surface area (Å²) in [6.07, 6.45) is 0.892. The summed E-state index contributed by atoms with van der Waals surface area (Å²) >= 11 is 0. The number of hydrogen-bond donors (Lipinski definition) is 5. The van der Waals surface area contributed by atoms with Gasteiger partial charge in [0.25, 0.3) is 0 Å². The van der Waals surface area contributed by atoms with Gasteiger partial charge in [0.2, 0.25) is 0 Å². The fraction of sp³-hybridized carbons (Fsp3) is 0.333. The van der Waals surface area contributed by atoms with Crippen molar-refractivity contribution in [3.05, 3.63) is 12.2 Å². The summed E-state index contributed by atoms with van der Waals surface area (Å²) in [5.41, 5.74) is 5.00. The predicted octanol–water partition coefficient (Wildman–Crippen LogP) is -1.03. The van der Waals surface area contributed by atoms with Crippen LogP contribution in [0.2, 0.25) is 0 Å². The van der Waals surface area contributed by atoms with Crippen molar-refractivity contribution in [1.82, 2.24) is 0 Å². The fourth-order valence-corrected chi connectivity index (χ4v) is 0.545. The van der Waals surface area contributed by atoms with Crippen molar-refractivity contribution in [2.24, 2.45) is 5.73 Å². The van der Waals surface area contributed by atoms with Gasteiger partial charge in [0.15, 0.2) is 0 Å². The minimum atomic E-state index is -1.26. The Balaban J connectivity index is 0. The molecule has 9 nitrogen and oxygen atoms in total. The number of aliphatic carboxylic acids is 4. The van der Waals surface area contributed by atoms with Crippen molar-refractivity contribution in [2.45, 2.75) is 18.9 Å². The number of hydrogen-bond acceptors (Lipinski definition) is 5.